The molecule has 27 heavy (non-hydrogen) atoms. The molecule has 0 heteroatoms. The second-order valence-corrected chi connectivity index (χ2v) is 12.4. The zero-order valence-corrected chi connectivity index (χ0v) is 19.2. The van der Waals surface area contributed by atoms with Crippen LogP contribution in [0.5, 0.6) is 0 Å². The smallest absolute Gasteiger partial charge is 0.0264 e. The highest BCUT2D eigenvalue weighted by Crippen LogP contribution is 2.68. The second-order valence-electron chi connectivity index (χ2n) is 12.4. The summed E-state index contributed by atoms with van der Waals surface area (Å²) in [4.78, 5) is 0. The summed E-state index contributed by atoms with van der Waals surface area (Å²) in [6, 6.07) is 0. The van der Waals surface area contributed by atoms with Crippen molar-refractivity contribution in [2.45, 2.75) is 118 Å². The van der Waals surface area contributed by atoms with Crippen molar-refractivity contribution in [3.05, 3.63) is 0 Å². The minimum atomic E-state index is 0.677. The molecule has 0 aliphatic heterocycles. The molecule has 0 spiro atoms. The van der Waals surface area contributed by atoms with Crippen molar-refractivity contribution >= 4 is 0 Å². The van der Waals surface area contributed by atoms with E-state index in [1.54, 1.807) is 51.4 Å². The molecule has 4 aliphatic rings. The van der Waals surface area contributed by atoms with E-state index < -0.39 is 0 Å². The first-order valence-electron chi connectivity index (χ1n) is 12.9. The molecule has 4 fully saturated rings. The fourth-order valence-electron chi connectivity index (χ4n) is 9.32. The Morgan fingerprint density at radius 1 is 0.741 bits per heavy atom. The van der Waals surface area contributed by atoms with Gasteiger partial charge in [0, 0.05) is 0 Å². The van der Waals surface area contributed by atoms with E-state index in [0.717, 1.165) is 41.4 Å². The molecule has 0 aromatic heterocycles. The van der Waals surface area contributed by atoms with Crippen molar-refractivity contribution in [3.63, 3.8) is 0 Å². The van der Waals surface area contributed by atoms with E-state index in [1.807, 2.05) is 0 Å². The predicted molar refractivity (Wildman–Crippen MR) is 118 cm³/mol. The van der Waals surface area contributed by atoms with Gasteiger partial charge in [0.1, 0.15) is 0 Å². The van der Waals surface area contributed by atoms with Crippen LogP contribution in [0.4, 0.5) is 0 Å². The Morgan fingerprint density at radius 3 is 2.30 bits per heavy atom. The lowest BCUT2D eigenvalue weighted by molar-refractivity contribution is -0.114. The highest BCUT2D eigenvalue weighted by atomic mass is 14.6. The first kappa shape index (κ1) is 20.3. The molecule has 0 N–H and O–H groups in total. The van der Waals surface area contributed by atoms with Crippen molar-refractivity contribution in [1.82, 2.24) is 0 Å². The lowest BCUT2D eigenvalue weighted by Gasteiger charge is -2.61. The molecule has 0 aromatic rings. The minimum Gasteiger partial charge on any atom is -0.0628 e. The lowest BCUT2D eigenvalue weighted by Crippen LogP contribution is -2.53. The van der Waals surface area contributed by atoms with Crippen LogP contribution in [0.3, 0.4) is 0 Å². The number of rotatable bonds is 5. The molecule has 0 unspecified atom stereocenters. The molecule has 8 atom stereocenters. The highest BCUT2D eigenvalue weighted by Gasteiger charge is 2.59. The summed E-state index contributed by atoms with van der Waals surface area (Å²) in [5.41, 5.74) is 1.39. The first-order valence-corrected chi connectivity index (χ1v) is 12.9. The third kappa shape index (κ3) is 3.44. The molecule has 0 amide bonds. The predicted octanol–water partition coefficient (Wildman–Crippen LogP) is 8.50. The minimum absolute atomic E-state index is 0.677. The normalized spacial score (nSPS) is 48.0. The van der Waals surface area contributed by atoms with E-state index in [1.165, 1.54) is 32.1 Å². The Hall–Kier alpha value is 0. The molecule has 0 radical (unpaired) electrons. The van der Waals surface area contributed by atoms with Gasteiger partial charge in [-0.15, -0.1) is 0 Å². The van der Waals surface area contributed by atoms with Gasteiger partial charge in [-0.2, -0.15) is 0 Å². The van der Waals surface area contributed by atoms with Crippen molar-refractivity contribution < 1.29 is 0 Å². The monoisotopic (exact) mass is 372 g/mol. The van der Waals surface area contributed by atoms with Gasteiger partial charge in [0.2, 0.25) is 0 Å². The molecule has 0 nitrogen and oxygen atoms in total. The molecule has 156 valence electrons. The zero-order chi connectivity index (χ0) is 19.2. The molecular formula is C27H48. The topological polar surface area (TPSA) is 0 Å². The summed E-state index contributed by atoms with van der Waals surface area (Å²) >= 11 is 0. The fourth-order valence-corrected chi connectivity index (χ4v) is 9.32. The maximum Gasteiger partial charge on any atom is -0.0264 e. The largest absolute Gasteiger partial charge is 0.0628 e. The maximum absolute atomic E-state index is 2.75. The summed E-state index contributed by atoms with van der Waals surface area (Å²) in [6.45, 7) is 12.9. The van der Waals surface area contributed by atoms with Gasteiger partial charge in [0.15, 0.2) is 0 Å². The molecule has 4 rings (SSSR count). The van der Waals surface area contributed by atoms with Crippen LogP contribution in [0.2, 0.25) is 0 Å². The van der Waals surface area contributed by atoms with E-state index in [0.29, 0.717) is 10.8 Å². The summed E-state index contributed by atoms with van der Waals surface area (Å²) in [7, 11) is 0. The number of hydrogen-bond donors (Lipinski definition) is 0. The first-order chi connectivity index (χ1) is 12.9. The van der Waals surface area contributed by atoms with Crippen molar-refractivity contribution in [1.29, 1.82) is 0 Å². The Morgan fingerprint density at radius 2 is 1.52 bits per heavy atom. The van der Waals surface area contributed by atoms with Gasteiger partial charge in [-0.25, -0.2) is 0 Å². The molecule has 0 aromatic carbocycles. The molecule has 4 aliphatic carbocycles. The Kier molecular flexibility index (Phi) is 5.77. The van der Waals surface area contributed by atoms with Gasteiger partial charge in [-0.05, 0) is 104 Å². The fraction of sp³-hybridized carbons (Fsp3) is 1.00. The van der Waals surface area contributed by atoms with E-state index in [2.05, 4.69) is 34.6 Å². The van der Waals surface area contributed by atoms with Crippen LogP contribution in [-0.4, -0.2) is 0 Å². The second kappa shape index (κ2) is 7.68. The lowest BCUT2D eigenvalue weighted by atomic mass is 9.44. The standard InChI is InChI=1S/C27H48/c1-19(2)9-8-10-20(3)23-14-15-24-22-13-12-21-11-6-7-17-26(21,4)25(22)16-18-27(23,24)5/h19-25H,6-18H2,1-5H3/t20-,21-,22-,23+,24-,25-,26-,27+/m0/s1. The molecule has 0 heterocycles. The molecule has 0 saturated heterocycles. The van der Waals surface area contributed by atoms with Crippen LogP contribution in [0, 0.1) is 52.3 Å². The van der Waals surface area contributed by atoms with Crippen LogP contribution in [0.15, 0.2) is 0 Å². The van der Waals surface area contributed by atoms with E-state index in [4.69, 9.17) is 0 Å². The highest BCUT2D eigenvalue weighted by molar-refractivity contribution is 5.09. The third-order valence-electron chi connectivity index (χ3n) is 10.8. The van der Waals surface area contributed by atoms with Crippen molar-refractivity contribution in [3.8, 4) is 0 Å². The molecule has 0 bridgehead atoms. The van der Waals surface area contributed by atoms with Gasteiger partial charge in [-0.3, -0.25) is 0 Å². The van der Waals surface area contributed by atoms with E-state index in [9.17, 15) is 0 Å². The summed E-state index contributed by atoms with van der Waals surface area (Å²) in [5.74, 6) is 7.15. The third-order valence-corrected chi connectivity index (χ3v) is 10.8. The van der Waals surface area contributed by atoms with Crippen LogP contribution in [0.25, 0.3) is 0 Å². The quantitative estimate of drug-likeness (QED) is 0.453. The Labute approximate surface area is 170 Å². The molecule has 4 saturated carbocycles. The van der Waals surface area contributed by atoms with Gasteiger partial charge >= 0.3 is 0 Å². The number of fused-ring (bicyclic) bond motifs is 5. The van der Waals surface area contributed by atoms with Crippen LogP contribution in [-0.2, 0) is 0 Å². The van der Waals surface area contributed by atoms with Crippen molar-refractivity contribution in [2.75, 3.05) is 0 Å². The summed E-state index contributed by atoms with van der Waals surface area (Å²) < 4.78 is 0. The van der Waals surface area contributed by atoms with E-state index in [-0.39, 0.29) is 0 Å². The van der Waals surface area contributed by atoms with Crippen LogP contribution in [0.1, 0.15) is 118 Å². The Bertz CT molecular complexity index is 506. The van der Waals surface area contributed by atoms with Gasteiger partial charge < -0.3 is 0 Å². The maximum atomic E-state index is 2.75. The summed E-state index contributed by atoms with van der Waals surface area (Å²) in [6.07, 6.45) is 19.9. The van der Waals surface area contributed by atoms with Crippen LogP contribution < -0.4 is 0 Å². The number of hydrogen-bond acceptors (Lipinski definition) is 0. The zero-order valence-electron chi connectivity index (χ0n) is 19.2. The average molecular weight is 373 g/mol. The Balaban J connectivity index is 1.46. The summed E-state index contributed by atoms with van der Waals surface area (Å²) in [5, 5.41) is 0. The SMILES string of the molecule is CC(C)CCC[C@H](C)[C@H]1CC[C@H]2[C@@H]3CC[C@@H]4CCCC[C@]4(C)[C@H]3CC[C@]12C. The van der Waals surface area contributed by atoms with E-state index >= 15 is 0 Å². The van der Waals surface area contributed by atoms with Gasteiger partial charge in [-0.1, -0.05) is 66.7 Å². The van der Waals surface area contributed by atoms with Crippen molar-refractivity contribution in [2.24, 2.45) is 52.3 Å². The molecular weight excluding hydrogens is 324 g/mol. The van der Waals surface area contributed by atoms with Gasteiger partial charge in [0.25, 0.3) is 0 Å². The van der Waals surface area contributed by atoms with Crippen LogP contribution >= 0.6 is 0 Å². The van der Waals surface area contributed by atoms with Gasteiger partial charge in [0.05, 0.1) is 0 Å². The average Bonchev–Trinajstić information content (AvgIpc) is 2.98.